The van der Waals surface area contributed by atoms with E-state index in [9.17, 15) is 17.6 Å². The summed E-state index contributed by atoms with van der Waals surface area (Å²) in [4.78, 5) is 11.5. The van der Waals surface area contributed by atoms with Gasteiger partial charge in [-0.1, -0.05) is 24.4 Å². The van der Waals surface area contributed by atoms with E-state index in [-0.39, 0.29) is 10.6 Å². The zero-order chi connectivity index (χ0) is 15.6. The first-order valence-corrected chi connectivity index (χ1v) is 9.19. The van der Waals surface area contributed by atoms with Crippen molar-refractivity contribution in [2.45, 2.75) is 30.6 Å². The molecule has 1 fully saturated rings. The quantitative estimate of drug-likeness (QED) is 0.844. The second-order valence-corrected chi connectivity index (χ2v) is 8.00. The van der Waals surface area contributed by atoms with E-state index >= 15 is 0 Å². The van der Waals surface area contributed by atoms with Gasteiger partial charge in [-0.3, -0.25) is 4.79 Å². The van der Waals surface area contributed by atoms with Crippen LogP contribution in [0.1, 0.15) is 36.0 Å². The molecule has 0 spiro atoms. The van der Waals surface area contributed by atoms with E-state index < -0.39 is 25.7 Å². The third kappa shape index (κ3) is 4.08. The number of benzene rings is 1. The Balaban J connectivity index is 2.20. The Hall–Kier alpha value is -0.850. The Bertz CT molecular complexity index is 658. The average Bonchev–Trinajstić information content (AvgIpc) is 2.87. The summed E-state index contributed by atoms with van der Waals surface area (Å²) in [6, 6.07) is 1.64. The molecule has 4 nitrogen and oxygen atoms in total. The van der Waals surface area contributed by atoms with Crippen LogP contribution in [0.2, 0.25) is 5.02 Å². The summed E-state index contributed by atoms with van der Waals surface area (Å²) in [5, 5.41) is 2.27. The summed E-state index contributed by atoms with van der Waals surface area (Å²) < 4.78 is 36.5. The van der Waals surface area contributed by atoms with Gasteiger partial charge in [0.15, 0.2) is 0 Å². The maximum atomic E-state index is 13.8. The first-order chi connectivity index (χ1) is 9.79. The normalized spacial score (nSPS) is 16.1. The molecule has 21 heavy (non-hydrogen) atoms. The van der Waals surface area contributed by atoms with Gasteiger partial charge in [0, 0.05) is 17.2 Å². The average molecular weight is 354 g/mol. The third-order valence-electron chi connectivity index (χ3n) is 3.55. The number of carbonyl (C=O) groups is 1. The van der Waals surface area contributed by atoms with Crippen LogP contribution in [0.25, 0.3) is 0 Å². The lowest BCUT2D eigenvalue weighted by molar-refractivity contribution is 0.0943. The van der Waals surface area contributed by atoms with Crippen molar-refractivity contribution in [3.63, 3.8) is 0 Å². The molecule has 0 bridgehead atoms. The van der Waals surface area contributed by atoms with Gasteiger partial charge in [-0.15, -0.1) is 0 Å². The highest BCUT2D eigenvalue weighted by Gasteiger charge is 2.22. The van der Waals surface area contributed by atoms with E-state index in [4.69, 9.17) is 22.3 Å². The minimum absolute atomic E-state index is 0.352. The zero-order valence-electron chi connectivity index (χ0n) is 11.0. The maximum absolute atomic E-state index is 13.8. The molecule has 1 saturated carbocycles. The molecule has 1 amide bonds. The number of nitrogens with one attached hydrogen (secondary N) is 1. The highest BCUT2D eigenvalue weighted by molar-refractivity contribution is 8.13. The number of hydrogen-bond acceptors (Lipinski definition) is 3. The molecule has 1 aliphatic carbocycles. The van der Waals surface area contributed by atoms with E-state index in [0.717, 1.165) is 37.8 Å². The molecule has 1 aromatic rings. The van der Waals surface area contributed by atoms with Gasteiger partial charge in [-0.2, -0.15) is 0 Å². The number of hydrogen-bond donors (Lipinski definition) is 1. The molecule has 1 aromatic carbocycles. The molecule has 1 aliphatic rings. The lowest BCUT2D eigenvalue weighted by Crippen LogP contribution is -2.29. The van der Waals surface area contributed by atoms with Crippen molar-refractivity contribution >= 4 is 37.2 Å². The van der Waals surface area contributed by atoms with Gasteiger partial charge in [0.05, 0.1) is 10.6 Å². The number of rotatable bonds is 4. The second-order valence-electron chi connectivity index (χ2n) is 5.06. The van der Waals surface area contributed by atoms with Gasteiger partial charge in [0.2, 0.25) is 0 Å². The van der Waals surface area contributed by atoms with E-state index in [0.29, 0.717) is 12.5 Å². The van der Waals surface area contributed by atoms with Crippen molar-refractivity contribution in [3.8, 4) is 0 Å². The van der Waals surface area contributed by atoms with Gasteiger partial charge in [0.25, 0.3) is 15.0 Å². The van der Waals surface area contributed by atoms with Crippen LogP contribution >= 0.6 is 22.3 Å². The van der Waals surface area contributed by atoms with E-state index in [2.05, 4.69) is 5.32 Å². The minimum Gasteiger partial charge on any atom is -0.352 e. The third-order valence-corrected chi connectivity index (χ3v) is 5.34. The van der Waals surface area contributed by atoms with Crippen LogP contribution in [-0.4, -0.2) is 20.9 Å². The molecule has 0 aromatic heterocycles. The fraction of sp³-hybridized carbons (Fsp3) is 0.462. The van der Waals surface area contributed by atoms with Crippen LogP contribution in [0.4, 0.5) is 4.39 Å². The molecule has 0 atom stereocenters. The molecule has 0 aliphatic heterocycles. The van der Waals surface area contributed by atoms with Crippen molar-refractivity contribution in [2.75, 3.05) is 6.54 Å². The zero-order valence-corrected chi connectivity index (χ0v) is 13.4. The summed E-state index contributed by atoms with van der Waals surface area (Å²) >= 11 is 5.64. The summed E-state index contributed by atoms with van der Waals surface area (Å²) in [6.07, 6.45) is 4.32. The lowest BCUT2D eigenvalue weighted by atomic mass is 10.1. The number of carbonyl (C=O) groups excluding carboxylic acids is 1. The van der Waals surface area contributed by atoms with Gasteiger partial charge < -0.3 is 5.32 Å². The van der Waals surface area contributed by atoms with Crippen molar-refractivity contribution < 1.29 is 17.6 Å². The highest BCUT2D eigenvalue weighted by Crippen LogP contribution is 2.28. The first kappa shape index (κ1) is 16.5. The van der Waals surface area contributed by atoms with Gasteiger partial charge >= 0.3 is 0 Å². The van der Waals surface area contributed by atoms with Crippen LogP contribution in [0.3, 0.4) is 0 Å². The Labute approximate surface area is 132 Å². The summed E-state index contributed by atoms with van der Waals surface area (Å²) in [5.41, 5.74) is -0.378. The van der Waals surface area contributed by atoms with Crippen LogP contribution in [0.5, 0.6) is 0 Å². The molecular weight excluding hydrogens is 340 g/mol. The van der Waals surface area contributed by atoms with Crippen molar-refractivity contribution in [1.82, 2.24) is 5.32 Å². The Morgan fingerprint density at radius 1 is 1.33 bits per heavy atom. The smallest absolute Gasteiger partial charge is 0.262 e. The Morgan fingerprint density at radius 2 is 1.95 bits per heavy atom. The van der Waals surface area contributed by atoms with E-state index in [1.807, 2.05) is 0 Å². The first-order valence-electron chi connectivity index (χ1n) is 6.51. The topological polar surface area (TPSA) is 63.2 Å². The van der Waals surface area contributed by atoms with Crippen LogP contribution in [0.15, 0.2) is 17.0 Å². The second kappa shape index (κ2) is 6.50. The molecule has 8 heteroatoms. The molecule has 0 unspecified atom stereocenters. The summed E-state index contributed by atoms with van der Waals surface area (Å²) in [5.74, 6) is -1.16. The van der Waals surface area contributed by atoms with E-state index in [1.54, 1.807) is 0 Å². The van der Waals surface area contributed by atoms with Crippen molar-refractivity contribution in [2.24, 2.45) is 5.92 Å². The molecular formula is C13H14Cl2FNO3S. The number of amides is 1. The monoisotopic (exact) mass is 353 g/mol. The molecule has 0 radical (unpaired) electrons. The predicted octanol–water partition coefficient (Wildman–Crippen LogP) is 3.33. The molecule has 1 N–H and O–H groups in total. The van der Waals surface area contributed by atoms with Gasteiger partial charge in [0.1, 0.15) is 10.7 Å². The minimum atomic E-state index is -4.14. The summed E-state index contributed by atoms with van der Waals surface area (Å²) in [6.45, 7) is 0.448. The predicted molar refractivity (Wildman–Crippen MR) is 78.7 cm³/mol. The lowest BCUT2D eigenvalue weighted by Gasteiger charge is -2.12. The van der Waals surface area contributed by atoms with Crippen molar-refractivity contribution in [1.29, 1.82) is 0 Å². The van der Waals surface area contributed by atoms with Crippen LogP contribution in [-0.2, 0) is 9.05 Å². The standard InChI is InChI=1S/C13H14Cl2FNO3S/c14-10-6-11(16)9(5-12(10)21(15,19)20)13(18)17-7-8-3-1-2-4-8/h5-6,8H,1-4,7H2,(H,17,18). The molecule has 2 rings (SSSR count). The molecule has 0 heterocycles. The van der Waals surface area contributed by atoms with Gasteiger partial charge in [-0.05, 0) is 30.9 Å². The fourth-order valence-corrected chi connectivity index (χ4v) is 3.94. The SMILES string of the molecule is O=C(NCC1CCCC1)c1cc(S(=O)(=O)Cl)c(Cl)cc1F. The van der Waals surface area contributed by atoms with Crippen LogP contribution < -0.4 is 5.32 Å². The Kier molecular flexibility index (Phi) is 5.11. The number of halogens is 3. The van der Waals surface area contributed by atoms with Crippen molar-refractivity contribution in [3.05, 3.63) is 28.5 Å². The maximum Gasteiger partial charge on any atom is 0.262 e. The highest BCUT2D eigenvalue weighted by atomic mass is 35.7. The fourth-order valence-electron chi connectivity index (χ4n) is 2.44. The van der Waals surface area contributed by atoms with E-state index in [1.165, 1.54) is 0 Å². The van der Waals surface area contributed by atoms with Crippen LogP contribution in [0, 0.1) is 11.7 Å². The van der Waals surface area contributed by atoms with Gasteiger partial charge in [-0.25, -0.2) is 12.8 Å². The molecule has 0 saturated heterocycles. The summed E-state index contributed by atoms with van der Waals surface area (Å²) in [7, 11) is 1.06. The molecule has 116 valence electrons. The Morgan fingerprint density at radius 3 is 2.52 bits per heavy atom. The largest absolute Gasteiger partial charge is 0.352 e.